The summed E-state index contributed by atoms with van der Waals surface area (Å²) in [6, 6.07) is 11.1. The number of ether oxygens (including phenoxy) is 2. The number of rotatable bonds is 8. The van der Waals surface area contributed by atoms with E-state index in [0.29, 0.717) is 23.7 Å². The van der Waals surface area contributed by atoms with Crippen molar-refractivity contribution in [3.63, 3.8) is 0 Å². The zero-order valence-electron chi connectivity index (χ0n) is 16.1. The first-order valence-corrected chi connectivity index (χ1v) is 9.38. The molecule has 0 unspecified atom stereocenters. The molecule has 1 heterocycles. The van der Waals surface area contributed by atoms with E-state index in [1.807, 2.05) is 19.1 Å². The zero-order chi connectivity index (χ0) is 20.8. The molecule has 2 aromatic carbocycles. The molecule has 0 aliphatic carbocycles. The first-order chi connectivity index (χ1) is 14.0. The molecule has 0 atom stereocenters. The summed E-state index contributed by atoms with van der Waals surface area (Å²) in [5, 5.41) is 4.39. The Kier molecular flexibility index (Phi) is 6.67. The average Bonchev–Trinajstić information content (AvgIpc) is 3.21. The van der Waals surface area contributed by atoms with E-state index in [2.05, 4.69) is 5.10 Å². The number of benzene rings is 2. The number of hydrogen-bond acceptors (Lipinski definition) is 4. The lowest BCUT2D eigenvalue weighted by atomic mass is 10.1. The van der Waals surface area contributed by atoms with Crippen molar-refractivity contribution in [1.82, 2.24) is 9.78 Å². The predicted molar refractivity (Wildman–Crippen MR) is 110 cm³/mol. The molecule has 0 N–H and O–H groups in total. The molecular formula is C22H20ClFN2O3. The number of carbonyl (C=O) groups excluding carboxylic acids is 1. The van der Waals surface area contributed by atoms with Gasteiger partial charge in [0.25, 0.3) is 0 Å². The molecule has 1 aromatic heterocycles. The summed E-state index contributed by atoms with van der Waals surface area (Å²) in [6.07, 6.45) is 4.96. The van der Waals surface area contributed by atoms with Gasteiger partial charge in [0.2, 0.25) is 5.78 Å². The topological polar surface area (TPSA) is 53.4 Å². The molecule has 3 aromatic rings. The van der Waals surface area contributed by atoms with Gasteiger partial charge in [0.15, 0.2) is 0 Å². The van der Waals surface area contributed by atoms with Gasteiger partial charge in [0.1, 0.15) is 29.6 Å². The van der Waals surface area contributed by atoms with Gasteiger partial charge >= 0.3 is 0 Å². The smallest absolute Gasteiger partial charge is 0.206 e. The van der Waals surface area contributed by atoms with Crippen molar-refractivity contribution in [3.8, 4) is 11.5 Å². The normalized spacial score (nSPS) is 11.0. The number of methoxy groups -OCH3 is 1. The Morgan fingerprint density at radius 3 is 2.69 bits per heavy atom. The first-order valence-electron chi connectivity index (χ1n) is 9.00. The van der Waals surface area contributed by atoms with Crippen LogP contribution in [0, 0.1) is 5.82 Å². The average molecular weight is 415 g/mol. The van der Waals surface area contributed by atoms with Gasteiger partial charge in [-0.25, -0.2) is 4.39 Å². The van der Waals surface area contributed by atoms with Gasteiger partial charge in [-0.1, -0.05) is 23.7 Å². The summed E-state index contributed by atoms with van der Waals surface area (Å²) >= 11 is 6.00. The fraction of sp³-hybridized carbons (Fsp3) is 0.182. The van der Waals surface area contributed by atoms with E-state index < -0.39 is 5.82 Å². The van der Waals surface area contributed by atoms with Crippen molar-refractivity contribution in [3.05, 3.63) is 82.4 Å². The third-order valence-electron chi connectivity index (χ3n) is 4.23. The fourth-order valence-corrected chi connectivity index (χ4v) is 2.91. The van der Waals surface area contributed by atoms with Crippen LogP contribution in [0.2, 0.25) is 5.02 Å². The van der Waals surface area contributed by atoms with Gasteiger partial charge in [-0.3, -0.25) is 9.48 Å². The van der Waals surface area contributed by atoms with Gasteiger partial charge in [0, 0.05) is 18.3 Å². The molecule has 5 nitrogen and oxygen atoms in total. The van der Waals surface area contributed by atoms with Gasteiger partial charge in [0.05, 0.1) is 12.1 Å². The van der Waals surface area contributed by atoms with Crippen LogP contribution in [0.15, 0.2) is 54.7 Å². The Morgan fingerprint density at radius 1 is 1.21 bits per heavy atom. The molecular weight excluding hydrogens is 395 g/mol. The Bertz CT molecular complexity index is 1050. The predicted octanol–water partition coefficient (Wildman–Crippen LogP) is 5.18. The Morgan fingerprint density at radius 2 is 2.00 bits per heavy atom. The summed E-state index contributed by atoms with van der Waals surface area (Å²) in [7, 11) is 1.56. The minimum atomic E-state index is -0.430. The third kappa shape index (κ3) is 5.23. The number of allylic oxidation sites excluding steroid dienone is 1. The summed E-state index contributed by atoms with van der Waals surface area (Å²) in [5.41, 5.74) is 1.96. The Hall–Kier alpha value is -3.12. The quantitative estimate of drug-likeness (QED) is 0.376. The van der Waals surface area contributed by atoms with Crippen LogP contribution in [0.25, 0.3) is 6.08 Å². The molecule has 7 heteroatoms. The van der Waals surface area contributed by atoms with Crippen molar-refractivity contribution < 1.29 is 18.7 Å². The molecule has 0 fully saturated rings. The number of ketones is 1. The summed E-state index contributed by atoms with van der Waals surface area (Å²) in [6.45, 7) is 2.83. The standard InChI is InChI=1S/C22H20ClFN2O3/c1-3-26-11-10-19(25-26)20(27)7-4-15-5-8-21(28-2)16(12-15)14-29-22-9-6-17(24)13-18(22)23/h4-13H,3,14H2,1-2H3/b7-4+. The van der Waals surface area contributed by atoms with Gasteiger partial charge < -0.3 is 9.47 Å². The summed E-state index contributed by atoms with van der Waals surface area (Å²) in [5.74, 6) is 0.399. The second-order valence-corrected chi connectivity index (χ2v) is 6.60. The lowest BCUT2D eigenvalue weighted by Crippen LogP contribution is -2.01. The van der Waals surface area contributed by atoms with Gasteiger partial charge in [-0.2, -0.15) is 5.10 Å². The van der Waals surface area contributed by atoms with Crippen molar-refractivity contribution >= 4 is 23.5 Å². The number of aromatic nitrogens is 2. The van der Waals surface area contributed by atoms with Crippen molar-refractivity contribution in [2.24, 2.45) is 0 Å². The lowest BCUT2D eigenvalue weighted by Gasteiger charge is -2.12. The van der Waals surface area contributed by atoms with Crippen LogP contribution in [0.3, 0.4) is 0 Å². The SMILES string of the molecule is CCn1ccc(C(=O)/C=C/c2ccc(OC)c(COc3ccc(F)cc3Cl)c2)n1. The first kappa shape index (κ1) is 20.6. The molecule has 0 aliphatic heterocycles. The fourth-order valence-electron chi connectivity index (χ4n) is 2.69. The van der Waals surface area contributed by atoms with Crippen LogP contribution in [0.5, 0.6) is 11.5 Å². The van der Waals surface area contributed by atoms with Crippen LogP contribution in [0.1, 0.15) is 28.5 Å². The lowest BCUT2D eigenvalue weighted by molar-refractivity contribution is 0.104. The number of nitrogens with zero attached hydrogens (tertiary/aromatic N) is 2. The molecule has 0 amide bonds. The maximum Gasteiger partial charge on any atom is 0.206 e. The van der Waals surface area contributed by atoms with E-state index in [1.54, 1.807) is 36.2 Å². The monoisotopic (exact) mass is 414 g/mol. The van der Waals surface area contributed by atoms with E-state index in [0.717, 1.165) is 11.1 Å². The maximum absolute atomic E-state index is 13.2. The van der Waals surface area contributed by atoms with Crippen LogP contribution < -0.4 is 9.47 Å². The van der Waals surface area contributed by atoms with Gasteiger partial charge in [-0.15, -0.1) is 0 Å². The second kappa shape index (κ2) is 9.39. The molecule has 0 bridgehead atoms. The number of carbonyl (C=O) groups is 1. The minimum Gasteiger partial charge on any atom is -0.496 e. The van der Waals surface area contributed by atoms with E-state index in [4.69, 9.17) is 21.1 Å². The Balaban J connectivity index is 1.74. The van der Waals surface area contributed by atoms with E-state index in [-0.39, 0.29) is 17.4 Å². The zero-order valence-corrected chi connectivity index (χ0v) is 16.8. The third-order valence-corrected chi connectivity index (χ3v) is 4.52. The Labute approximate surface area is 173 Å². The van der Waals surface area contributed by atoms with Crippen LogP contribution in [0.4, 0.5) is 4.39 Å². The summed E-state index contributed by atoms with van der Waals surface area (Å²) < 4.78 is 25.9. The van der Waals surface area contributed by atoms with Crippen LogP contribution >= 0.6 is 11.6 Å². The molecule has 0 spiro atoms. The maximum atomic E-state index is 13.2. The molecule has 3 rings (SSSR count). The van der Waals surface area contributed by atoms with Gasteiger partial charge in [-0.05, 0) is 55.0 Å². The van der Waals surface area contributed by atoms with Crippen LogP contribution in [-0.2, 0) is 13.2 Å². The highest BCUT2D eigenvalue weighted by molar-refractivity contribution is 6.32. The highest BCUT2D eigenvalue weighted by atomic mass is 35.5. The number of halogens is 2. The molecule has 0 saturated carbocycles. The second-order valence-electron chi connectivity index (χ2n) is 6.19. The number of hydrogen-bond donors (Lipinski definition) is 0. The van der Waals surface area contributed by atoms with Crippen molar-refractivity contribution in [2.75, 3.05) is 7.11 Å². The highest BCUT2D eigenvalue weighted by Crippen LogP contribution is 2.28. The van der Waals surface area contributed by atoms with Crippen molar-refractivity contribution in [2.45, 2.75) is 20.1 Å². The molecule has 150 valence electrons. The highest BCUT2D eigenvalue weighted by Gasteiger charge is 2.09. The summed E-state index contributed by atoms with van der Waals surface area (Å²) in [4.78, 5) is 12.3. The molecule has 29 heavy (non-hydrogen) atoms. The molecule has 0 radical (unpaired) electrons. The van der Waals surface area contributed by atoms with E-state index >= 15 is 0 Å². The molecule has 0 aliphatic rings. The largest absolute Gasteiger partial charge is 0.496 e. The molecule has 0 saturated heterocycles. The van der Waals surface area contributed by atoms with E-state index in [9.17, 15) is 9.18 Å². The van der Waals surface area contributed by atoms with Crippen LogP contribution in [-0.4, -0.2) is 22.7 Å². The number of aryl methyl sites for hydroxylation is 1. The van der Waals surface area contributed by atoms with E-state index in [1.165, 1.54) is 24.3 Å². The van der Waals surface area contributed by atoms with Crippen molar-refractivity contribution in [1.29, 1.82) is 0 Å². The minimum absolute atomic E-state index is 0.172.